The molecule has 1 aromatic carbocycles. The molecular weight excluding hydrogens is 290 g/mol. The Morgan fingerprint density at radius 3 is 2.22 bits per heavy atom. The maximum atomic E-state index is 12.2. The highest BCUT2D eigenvalue weighted by atomic mass is 79.9. The monoisotopic (exact) mass is 311 g/mol. The van der Waals surface area contributed by atoms with E-state index in [0.717, 1.165) is 28.4 Å². The van der Waals surface area contributed by atoms with Crippen LogP contribution in [-0.2, 0) is 0 Å². The normalized spacial score (nSPS) is 12.6. The number of nitrogens with one attached hydrogen (secondary N) is 1. The number of halogens is 1. The number of rotatable bonds is 5. The third-order valence-electron chi connectivity index (χ3n) is 3.03. The fraction of sp³-hybridized carbons (Fsp3) is 0.533. The van der Waals surface area contributed by atoms with Crippen molar-refractivity contribution in [3.05, 3.63) is 34.9 Å². The lowest BCUT2D eigenvalue weighted by Gasteiger charge is -2.21. The minimum atomic E-state index is 0.0291. The van der Waals surface area contributed by atoms with E-state index in [-0.39, 0.29) is 11.9 Å². The number of carbonyl (C=O) groups excluding carboxylic acids is 1. The van der Waals surface area contributed by atoms with Gasteiger partial charge in [0.1, 0.15) is 0 Å². The van der Waals surface area contributed by atoms with Gasteiger partial charge < -0.3 is 5.32 Å². The van der Waals surface area contributed by atoms with E-state index in [4.69, 9.17) is 0 Å². The van der Waals surface area contributed by atoms with Gasteiger partial charge in [-0.05, 0) is 38.3 Å². The molecule has 2 nitrogen and oxygen atoms in total. The molecule has 1 amide bonds. The quantitative estimate of drug-likeness (QED) is 0.822. The lowest BCUT2D eigenvalue weighted by Crippen LogP contribution is -2.38. The van der Waals surface area contributed by atoms with Crippen LogP contribution in [0.1, 0.15) is 41.8 Å². The average molecular weight is 312 g/mol. The standard InChI is InChI=1S/C15H22BrNO/c1-10(2)14(5-6-16)17-15(18)13-8-11(3)7-12(4)9-13/h7-10,14H,5-6H2,1-4H3,(H,17,18). The van der Waals surface area contributed by atoms with Crippen LogP contribution in [0.3, 0.4) is 0 Å². The molecule has 0 heterocycles. The van der Waals surface area contributed by atoms with Gasteiger partial charge in [0.2, 0.25) is 0 Å². The van der Waals surface area contributed by atoms with E-state index in [2.05, 4.69) is 41.2 Å². The number of benzene rings is 1. The Balaban J connectivity index is 2.80. The summed E-state index contributed by atoms with van der Waals surface area (Å²) in [5.74, 6) is 0.471. The Morgan fingerprint density at radius 1 is 1.22 bits per heavy atom. The van der Waals surface area contributed by atoms with Crippen LogP contribution in [0.25, 0.3) is 0 Å². The third kappa shape index (κ3) is 4.45. The van der Waals surface area contributed by atoms with Crippen molar-refractivity contribution >= 4 is 21.8 Å². The van der Waals surface area contributed by atoms with E-state index in [1.54, 1.807) is 0 Å². The predicted molar refractivity (Wildman–Crippen MR) is 80.4 cm³/mol. The summed E-state index contributed by atoms with van der Waals surface area (Å²) in [4.78, 5) is 12.2. The molecule has 0 spiro atoms. The minimum absolute atomic E-state index is 0.0291. The molecule has 18 heavy (non-hydrogen) atoms. The molecule has 0 radical (unpaired) electrons. The van der Waals surface area contributed by atoms with Gasteiger partial charge >= 0.3 is 0 Å². The molecular formula is C15H22BrNO. The van der Waals surface area contributed by atoms with Crippen LogP contribution < -0.4 is 5.32 Å². The first-order valence-corrected chi connectivity index (χ1v) is 7.51. The first-order valence-electron chi connectivity index (χ1n) is 6.39. The molecule has 0 fully saturated rings. The van der Waals surface area contributed by atoms with Crippen LogP contribution in [0.2, 0.25) is 0 Å². The van der Waals surface area contributed by atoms with Crippen LogP contribution in [-0.4, -0.2) is 17.3 Å². The second-order valence-electron chi connectivity index (χ2n) is 5.18. The van der Waals surface area contributed by atoms with E-state index >= 15 is 0 Å². The zero-order valence-corrected chi connectivity index (χ0v) is 13.2. The lowest BCUT2D eigenvalue weighted by molar-refractivity contribution is 0.0925. The number of aryl methyl sites for hydroxylation is 2. The van der Waals surface area contributed by atoms with E-state index < -0.39 is 0 Å². The van der Waals surface area contributed by atoms with Crippen molar-refractivity contribution in [1.29, 1.82) is 0 Å². The summed E-state index contributed by atoms with van der Waals surface area (Å²) in [5.41, 5.74) is 3.01. The van der Waals surface area contributed by atoms with Crippen molar-refractivity contribution in [3.8, 4) is 0 Å². The van der Waals surface area contributed by atoms with Gasteiger partial charge in [0.25, 0.3) is 5.91 Å². The third-order valence-corrected chi connectivity index (χ3v) is 3.48. The highest BCUT2D eigenvalue weighted by molar-refractivity contribution is 9.09. The summed E-state index contributed by atoms with van der Waals surface area (Å²) in [5, 5.41) is 4.02. The molecule has 0 aliphatic heterocycles. The van der Waals surface area contributed by atoms with E-state index in [1.165, 1.54) is 0 Å². The van der Waals surface area contributed by atoms with Gasteiger partial charge in [0, 0.05) is 16.9 Å². The van der Waals surface area contributed by atoms with Gasteiger partial charge in [-0.1, -0.05) is 47.0 Å². The van der Waals surface area contributed by atoms with Crippen molar-refractivity contribution < 1.29 is 4.79 Å². The van der Waals surface area contributed by atoms with Gasteiger partial charge in [-0.3, -0.25) is 4.79 Å². The molecule has 0 aliphatic rings. The molecule has 1 aromatic rings. The SMILES string of the molecule is Cc1cc(C)cc(C(=O)NC(CCBr)C(C)C)c1. The largest absolute Gasteiger partial charge is 0.349 e. The predicted octanol–water partition coefficient (Wildman–Crippen LogP) is 3.84. The summed E-state index contributed by atoms with van der Waals surface area (Å²) in [6.45, 7) is 8.30. The molecule has 3 heteroatoms. The highest BCUT2D eigenvalue weighted by Crippen LogP contribution is 2.12. The Labute approximate surface area is 118 Å². The van der Waals surface area contributed by atoms with Crippen LogP contribution in [0.4, 0.5) is 0 Å². The first kappa shape index (κ1) is 15.2. The minimum Gasteiger partial charge on any atom is -0.349 e. The van der Waals surface area contributed by atoms with Gasteiger partial charge in [0.15, 0.2) is 0 Å². The molecule has 1 unspecified atom stereocenters. The molecule has 0 saturated carbocycles. The van der Waals surface area contributed by atoms with Gasteiger partial charge in [0.05, 0.1) is 0 Å². The summed E-state index contributed by atoms with van der Waals surface area (Å²) in [7, 11) is 0. The number of amides is 1. The van der Waals surface area contributed by atoms with E-state index in [0.29, 0.717) is 5.92 Å². The van der Waals surface area contributed by atoms with Crippen LogP contribution in [0, 0.1) is 19.8 Å². The van der Waals surface area contributed by atoms with Crippen LogP contribution in [0.15, 0.2) is 18.2 Å². The number of hydrogen-bond acceptors (Lipinski definition) is 1. The van der Waals surface area contributed by atoms with Gasteiger partial charge in [-0.2, -0.15) is 0 Å². The molecule has 1 rings (SSSR count). The van der Waals surface area contributed by atoms with Gasteiger partial charge in [-0.15, -0.1) is 0 Å². The fourth-order valence-corrected chi connectivity index (χ4v) is 2.54. The molecule has 1 atom stereocenters. The van der Waals surface area contributed by atoms with E-state index in [9.17, 15) is 4.79 Å². The smallest absolute Gasteiger partial charge is 0.251 e. The fourth-order valence-electron chi connectivity index (χ4n) is 2.05. The number of carbonyl (C=O) groups is 1. The second-order valence-corrected chi connectivity index (χ2v) is 5.97. The van der Waals surface area contributed by atoms with Crippen LogP contribution >= 0.6 is 15.9 Å². The number of alkyl halides is 1. The topological polar surface area (TPSA) is 29.1 Å². The molecule has 1 N–H and O–H groups in total. The molecule has 0 aliphatic carbocycles. The molecule has 0 aromatic heterocycles. The van der Waals surface area contributed by atoms with Crippen molar-refractivity contribution in [3.63, 3.8) is 0 Å². The van der Waals surface area contributed by atoms with Crippen molar-refractivity contribution in [1.82, 2.24) is 5.32 Å². The summed E-state index contributed by atoms with van der Waals surface area (Å²) in [6, 6.07) is 6.18. The first-order chi connectivity index (χ1) is 8.43. The lowest BCUT2D eigenvalue weighted by atomic mass is 10.0. The Hall–Kier alpha value is -0.830. The summed E-state index contributed by atoms with van der Waals surface area (Å²) in [6.07, 6.45) is 0.953. The summed E-state index contributed by atoms with van der Waals surface area (Å²) < 4.78 is 0. The Kier molecular flexibility index (Phi) is 5.86. The summed E-state index contributed by atoms with van der Waals surface area (Å²) >= 11 is 3.44. The zero-order valence-electron chi connectivity index (χ0n) is 11.6. The van der Waals surface area contributed by atoms with Crippen LogP contribution in [0.5, 0.6) is 0 Å². The highest BCUT2D eigenvalue weighted by Gasteiger charge is 2.16. The number of hydrogen-bond donors (Lipinski definition) is 1. The zero-order chi connectivity index (χ0) is 13.7. The molecule has 100 valence electrons. The molecule has 0 bridgehead atoms. The van der Waals surface area contributed by atoms with Crippen molar-refractivity contribution in [2.75, 3.05) is 5.33 Å². The Bertz CT molecular complexity index is 395. The van der Waals surface area contributed by atoms with Gasteiger partial charge in [-0.25, -0.2) is 0 Å². The second kappa shape index (κ2) is 6.93. The van der Waals surface area contributed by atoms with Crippen molar-refractivity contribution in [2.45, 2.75) is 40.2 Å². The van der Waals surface area contributed by atoms with E-state index in [1.807, 2.05) is 26.0 Å². The maximum absolute atomic E-state index is 12.2. The maximum Gasteiger partial charge on any atom is 0.251 e. The van der Waals surface area contributed by atoms with Crippen molar-refractivity contribution in [2.24, 2.45) is 5.92 Å². The average Bonchev–Trinajstić information content (AvgIpc) is 2.26. The Morgan fingerprint density at radius 2 is 1.78 bits per heavy atom. The molecule has 0 saturated heterocycles.